The normalized spacial score (nSPS) is 12.3. The highest BCUT2D eigenvalue weighted by Crippen LogP contribution is 2.26. The van der Waals surface area contributed by atoms with Crippen LogP contribution < -0.4 is 5.73 Å². The zero-order valence-electron chi connectivity index (χ0n) is 9.85. The molecule has 2 rings (SSSR count). The van der Waals surface area contributed by atoms with Gasteiger partial charge in [0, 0.05) is 6.07 Å². The van der Waals surface area contributed by atoms with E-state index in [4.69, 9.17) is 5.73 Å². The molecule has 0 fully saturated rings. The van der Waals surface area contributed by atoms with Crippen molar-refractivity contribution in [2.24, 2.45) is 5.73 Å². The first-order chi connectivity index (χ1) is 8.00. The number of aromatic nitrogens is 2. The van der Waals surface area contributed by atoms with Crippen molar-refractivity contribution in [3.05, 3.63) is 29.6 Å². The molecule has 5 heteroatoms. The van der Waals surface area contributed by atoms with Crippen molar-refractivity contribution < 1.29 is 8.78 Å². The molecule has 0 bridgehead atoms. The summed E-state index contributed by atoms with van der Waals surface area (Å²) in [6.07, 6.45) is 1.35. The molecule has 0 radical (unpaired) electrons. The molecule has 0 unspecified atom stereocenters. The maximum Gasteiger partial charge on any atom is 0.153 e. The van der Waals surface area contributed by atoms with Gasteiger partial charge in [-0.3, -0.25) is 0 Å². The van der Waals surface area contributed by atoms with Crippen LogP contribution in [0.4, 0.5) is 8.78 Å². The molecule has 0 saturated carbocycles. The van der Waals surface area contributed by atoms with Crippen LogP contribution in [0.5, 0.6) is 0 Å². The molecule has 17 heavy (non-hydrogen) atoms. The Morgan fingerprint density at radius 2 is 1.94 bits per heavy atom. The lowest BCUT2D eigenvalue weighted by Crippen LogP contribution is -2.36. The van der Waals surface area contributed by atoms with E-state index in [2.05, 4.69) is 9.97 Å². The third-order valence-electron chi connectivity index (χ3n) is 3.24. The number of aromatic amines is 1. The average Bonchev–Trinajstić information content (AvgIpc) is 2.72. The molecular weight excluding hydrogens is 224 g/mol. The second kappa shape index (κ2) is 4.07. The minimum Gasteiger partial charge on any atom is -0.340 e. The number of hydrogen-bond donors (Lipinski definition) is 2. The maximum atomic E-state index is 13.5. The lowest BCUT2D eigenvalue weighted by atomic mass is 9.93. The summed E-state index contributed by atoms with van der Waals surface area (Å²) < 4.78 is 26.5. The molecule has 1 aromatic carbocycles. The van der Waals surface area contributed by atoms with Crippen molar-refractivity contribution in [3.8, 4) is 0 Å². The van der Waals surface area contributed by atoms with E-state index in [1.54, 1.807) is 0 Å². The van der Waals surface area contributed by atoms with Gasteiger partial charge in [0.1, 0.15) is 17.2 Å². The standard InChI is InChI=1S/C12H15F2N3/c1-3-12(15,4-2)11-16-9-6-7(13)5-8(14)10(9)17-11/h5-6H,3-4,15H2,1-2H3,(H,16,17). The summed E-state index contributed by atoms with van der Waals surface area (Å²) >= 11 is 0. The Hall–Kier alpha value is -1.49. The van der Waals surface area contributed by atoms with Gasteiger partial charge in [-0.1, -0.05) is 13.8 Å². The van der Waals surface area contributed by atoms with Crippen molar-refractivity contribution in [3.63, 3.8) is 0 Å². The number of hydrogen-bond acceptors (Lipinski definition) is 2. The molecule has 1 aromatic heterocycles. The molecule has 0 aliphatic carbocycles. The molecule has 3 nitrogen and oxygen atoms in total. The topological polar surface area (TPSA) is 54.7 Å². The van der Waals surface area contributed by atoms with Crippen molar-refractivity contribution in [1.29, 1.82) is 0 Å². The first-order valence-corrected chi connectivity index (χ1v) is 5.64. The van der Waals surface area contributed by atoms with Crippen LogP contribution in [0.15, 0.2) is 12.1 Å². The molecule has 92 valence electrons. The Morgan fingerprint density at radius 3 is 2.53 bits per heavy atom. The maximum absolute atomic E-state index is 13.5. The Morgan fingerprint density at radius 1 is 1.29 bits per heavy atom. The average molecular weight is 239 g/mol. The predicted octanol–water partition coefficient (Wildman–Crippen LogP) is 2.82. The third kappa shape index (κ3) is 1.91. The van der Waals surface area contributed by atoms with Crippen LogP contribution in [0.1, 0.15) is 32.5 Å². The molecule has 0 spiro atoms. The van der Waals surface area contributed by atoms with Crippen LogP contribution in [0.25, 0.3) is 11.0 Å². The number of imidazole rings is 1. The zero-order chi connectivity index (χ0) is 12.6. The Kier molecular flexibility index (Phi) is 2.87. The Bertz CT molecular complexity index is 544. The number of nitrogens with two attached hydrogens (primary N) is 1. The quantitative estimate of drug-likeness (QED) is 0.865. The Labute approximate surface area is 98.0 Å². The Balaban J connectivity index is 2.62. The van der Waals surface area contributed by atoms with E-state index in [1.165, 1.54) is 6.07 Å². The number of benzene rings is 1. The van der Waals surface area contributed by atoms with Gasteiger partial charge in [0.15, 0.2) is 5.82 Å². The van der Waals surface area contributed by atoms with Gasteiger partial charge in [0.2, 0.25) is 0 Å². The lowest BCUT2D eigenvalue weighted by molar-refractivity contribution is 0.391. The molecule has 0 aliphatic heterocycles. The van der Waals surface area contributed by atoms with Crippen LogP contribution in [-0.4, -0.2) is 9.97 Å². The molecule has 0 amide bonds. The van der Waals surface area contributed by atoms with E-state index in [-0.39, 0.29) is 5.52 Å². The van der Waals surface area contributed by atoms with E-state index < -0.39 is 17.2 Å². The minimum atomic E-state index is -0.669. The van der Waals surface area contributed by atoms with E-state index >= 15 is 0 Å². The molecule has 0 aliphatic rings. The number of fused-ring (bicyclic) bond motifs is 1. The SMILES string of the molecule is CCC(N)(CC)c1nc2c(F)cc(F)cc2[nH]1. The van der Waals surface area contributed by atoms with E-state index in [0.29, 0.717) is 24.2 Å². The van der Waals surface area contributed by atoms with Gasteiger partial charge in [-0.05, 0) is 18.9 Å². The smallest absolute Gasteiger partial charge is 0.153 e. The van der Waals surface area contributed by atoms with Crippen LogP contribution in [0.3, 0.4) is 0 Å². The minimum absolute atomic E-state index is 0.137. The fraction of sp³-hybridized carbons (Fsp3) is 0.417. The summed E-state index contributed by atoms with van der Waals surface area (Å²) in [5.41, 5.74) is 6.02. The van der Waals surface area contributed by atoms with Gasteiger partial charge >= 0.3 is 0 Å². The van der Waals surface area contributed by atoms with Gasteiger partial charge in [-0.25, -0.2) is 13.8 Å². The van der Waals surface area contributed by atoms with Gasteiger partial charge in [0.05, 0.1) is 11.1 Å². The highest BCUT2D eigenvalue weighted by Gasteiger charge is 2.27. The van der Waals surface area contributed by atoms with E-state index in [0.717, 1.165) is 6.07 Å². The fourth-order valence-electron chi connectivity index (χ4n) is 1.86. The fourth-order valence-corrected chi connectivity index (χ4v) is 1.86. The number of nitrogens with one attached hydrogen (secondary N) is 1. The molecule has 3 N–H and O–H groups in total. The summed E-state index contributed by atoms with van der Waals surface area (Å²) in [5.74, 6) is -0.792. The third-order valence-corrected chi connectivity index (χ3v) is 3.24. The number of nitrogens with zero attached hydrogens (tertiary/aromatic N) is 1. The van der Waals surface area contributed by atoms with Gasteiger partial charge in [-0.15, -0.1) is 0 Å². The molecule has 0 saturated heterocycles. The monoisotopic (exact) mass is 239 g/mol. The lowest BCUT2D eigenvalue weighted by Gasteiger charge is -2.23. The van der Waals surface area contributed by atoms with E-state index in [1.807, 2.05) is 13.8 Å². The largest absolute Gasteiger partial charge is 0.340 e. The van der Waals surface area contributed by atoms with Gasteiger partial charge < -0.3 is 10.7 Å². The summed E-state index contributed by atoms with van der Waals surface area (Å²) in [4.78, 5) is 7.05. The van der Waals surface area contributed by atoms with Crippen LogP contribution in [-0.2, 0) is 5.54 Å². The van der Waals surface area contributed by atoms with Crippen molar-refractivity contribution in [1.82, 2.24) is 9.97 Å². The first kappa shape index (κ1) is 12.0. The second-order valence-electron chi connectivity index (χ2n) is 4.23. The number of H-pyrrole nitrogens is 1. The molecule has 1 heterocycles. The summed E-state index contributed by atoms with van der Waals surface area (Å²) in [5, 5.41) is 0. The summed E-state index contributed by atoms with van der Waals surface area (Å²) in [6.45, 7) is 3.88. The highest BCUT2D eigenvalue weighted by molar-refractivity contribution is 5.76. The second-order valence-corrected chi connectivity index (χ2v) is 4.23. The zero-order valence-corrected chi connectivity index (χ0v) is 9.85. The molecule has 0 atom stereocenters. The number of rotatable bonds is 3. The van der Waals surface area contributed by atoms with Gasteiger partial charge in [-0.2, -0.15) is 0 Å². The number of halogens is 2. The first-order valence-electron chi connectivity index (χ1n) is 5.64. The van der Waals surface area contributed by atoms with Crippen LogP contribution in [0, 0.1) is 11.6 Å². The van der Waals surface area contributed by atoms with E-state index in [9.17, 15) is 8.78 Å². The summed E-state index contributed by atoms with van der Waals surface area (Å²) in [6, 6.07) is 2.05. The molecule has 2 aromatic rings. The van der Waals surface area contributed by atoms with Gasteiger partial charge in [0.25, 0.3) is 0 Å². The highest BCUT2D eigenvalue weighted by atomic mass is 19.1. The van der Waals surface area contributed by atoms with Crippen molar-refractivity contribution in [2.45, 2.75) is 32.2 Å². The summed E-state index contributed by atoms with van der Waals surface area (Å²) in [7, 11) is 0. The molecular formula is C12H15F2N3. The van der Waals surface area contributed by atoms with Crippen LogP contribution in [0.2, 0.25) is 0 Å². The predicted molar refractivity (Wildman–Crippen MR) is 62.5 cm³/mol. The van der Waals surface area contributed by atoms with Crippen molar-refractivity contribution in [2.75, 3.05) is 0 Å². The van der Waals surface area contributed by atoms with Crippen LogP contribution >= 0.6 is 0 Å². The van der Waals surface area contributed by atoms with Crippen molar-refractivity contribution >= 4 is 11.0 Å².